The molecule has 2 rings (SSSR count). The summed E-state index contributed by atoms with van der Waals surface area (Å²) in [5, 5.41) is 12.1. The lowest BCUT2D eigenvalue weighted by atomic mass is 10.1. The van der Waals surface area contributed by atoms with Gasteiger partial charge in [-0.25, -0.2) is 8.42 Å². The number of phenolic OH excluding ortho intramolecular Hbond substituents is 1. The average molecular weight is 255 g/mol. The largest absolute Gasteiger partial charge is 0.507 e. The van der Waals surface area contributed by atoms with E-state index in [0.29, 0.717) is 6.42 Å². The zero-order valence-corrected chi connectivity index (χ0v) is 9.90. The first-order valence-electron chi connectivity index (χ1n) is 5.27. The van der Waals surface area contributed by atoms with Crippen molar-refractivity contribution in [2.24, 2.45) is 0 Å². The van der Waals surface area contributed by atoms with Crippen molar-refractivity contribution >= 4 is 15.7 Å². The molecule has 0 bridgehead atoms. The van der Waals surface area contributed by atoms with E-state index in [0.717, 1.165) is 0 Å². The van der Waals surface area contributed by atoms with Gasteiger partial charge in [-0.3, -0.25) is 4.79 Å². The fraction of sp³-hybridized carbons (Fsp3) is 0.364. The number of sulfone groups is 1. The number of rotatable bonds is 2. The first kappa shape index (κ1) is 11.9. The molecule has 0 aliphatic carbocycles. The van der Waals surface area contributed by atoms with Crippen LogP contribution >= 0.6 is 0 Å². The number of hydrogen-bond acceptors (Lipinski definition) is 4. The van der Waals surface area contributed by atoms with Crippen LogP contribution in [0.2, 0.25) is 0 Å². The van der Waals surface area contributed by atoms with Crippen molar-refractivity contribution in [1.29, 1.82) is 0 Å². The van der Waals surface area contributed by atoms with E-state index in [4.69, 9.17) is 0 Å². The Morgan fingerprint density at radius 2 is 2.06 bits per heavy atom. The molecule has 17 heavy (non-hydrogen) atoms. The fourth-order valence-corrected chi connectivity index (χ4v) is 3.51. The molecule has 1 saturated heterocycles. The van der Waals surface area contributed by atoms with E-state index in [1.165, 1.54) is 12.1 Å². The van der Waals surface area contributed by atoms with Gasteiger partial charge in [0.1, 0.15) is 5.75 Å². The van der Waals surface area contributed by atoms with Crippen LogP contribution in [0.4, 0.5) is 0 Å². The maximum atomic E-state index is 11.8. The summed E-state index contributed by atoms with van der Waals surface area (Å²) < 4.78 is 22.5. The van der Waals surface area contributed by atoms with Gasteiger partial charge in [0.15, 0.2) is 9.84 Å². The molecule has 5 nitrogen and oxygen atoms in total. The van der Waals surface area contributed by atoms with Gasteiger partial charge >= 0.3 is 0 Å². The van der Waals surface area contributed by atoms with Crippen LogP contribution in [0.5, 0.6) is 5.75 Å². The van der Waals surface area contributed by atoms with Gasteiger partial charge in [0.2, 0.25) is 0 Å². The molecule has 0 radical (unpaired) electrons. The van der Waals surface area contributed by atoms with E-state index in [1.807, 2.05) is 0 Å². The normalized spacial score (nSPS) is 22.2. The van der Waals surface area contributed by atoms with Crippen LogP contribution < -0.4 is 5.32 Å². The lowest BCUT2D eigenvalue weighted by molar-refractivity contribution is 0.0938. The van der Waals surface area contributed by atoms with Crippen molar-refractivity contribution in [2.75, 3.05) is 11.5 Å². The van der Waals surface area contributed by atoms with Gasteiger partial charge < -0.3 is 10.4 Å². The van der Waals surface area contributed by atoms with Crippen LogP contribution in [0.3, 0.4) is 0 Å². The van der Waals surface area contributed by atoms with Crippen molar-refractivity contribution < 1.29 is 18.3 Å². The lowest BCUT2D eigenvalue weighted by Gasteiger charge is -2.11. The molecule has 1 unspecified atom stereocenters. The lowest BCUT2D eigenvalue weighted by Crippen LogP contribution is -2.35. The molecule has 1 aliphatic heterocycles. The maximum Gasteiger partial charge on any atom is 0.255 e. The minimum absolute atomic E-state index is 0.0215. The molecule has 1 heterocycles. The molecule has 2 N–H and O–H groups in total. The number of amides is 1. The fourth-order valence-electron chi connectivity index (χ4n) is 1.84. The van der Waals surface area contributed by atoms with Crippen molar-refractivity contribution in [2.45, 2.75) is 12.5 Å². The van der Waals surface area contributed by atoms with Gasteiger partial charge in [-0.05, 0) is 18.6 Å². The molecule has 1 aromatic rings. The third-order valence-corrected chi connectivity index (χ3v) is 4.48. The van der Waals surface area contributed by atoms with E-state index in [-0.39, 0.29) is 28.9 Å². The summed E-state index contributed by atoms with van der Waals surface area (Å²) >= 11 is 0. The predicted octanol–water partition coefficient (Wildman–Crippen LogP) is 0.309. The van der Waals surface area contributed by atoms with Crippen molar-refractivity contribution in [3.63, 3.8) is 0 Å². The smallest absolute Gasteiger partial charge is 0.255 e. The van der Waals surface area contributed by atoms with Crippen LogP contribution in [-0.2, 0) is 9.84 Å². The Labute approximate surface area is 99.4 Å². The molecule has 0 aromatic heterocycles. The molecule has 6 heteroatoms. The number of phenols is 1. The number of nitrogens with one attached hydrogen (secondary N) is 1. The molecule has 1 amide bonds. The van der Waals surface area contributed by atoms with E-state index < -0.39 is 15.7 Å². The molecule has 1 aromatic carbocycles. The van der Waals surface area contributed by atoms with Crippen molar-refractivity contribution in [3.8, 4) is 5.75 Å². The van der Waals surface area contributed by atoms with Crippen LogP contribution in [0.25, 0.3) is 0 Å². The van der Waals surface area contributed by atoms with Crippen LogP contribution in [0.15, 0.2) is 24.3 Å². The average Bonchev–Trinajstić information content (AvgIpc) is 2.58. The highest BCUT2D eigenvalue weighted by Gasteiger charge is 2.29. The van der Waals surface area contributed by atoms with Crippen LogP contribution in [0, 0.1) is 0 Å². The number of hydrogen-bond donors (Lipinski definition) is 2. The highest BCUT2D eigenvalue weighted by molar-refractivity contribution is 7.91. The van der Waals surface area contributed by atoms with Crippen LogP contribution in [-0.4, -0.2) is 37.0 Å². The topological polar surface area (TPSA) is 83.5 Å². The van der Waals surface area contributed by atoms with Gasteiger partial charge in [0.25, 0.3) is 5.91 Å². The molecule has 0 spiro atoms. The number of aromatic hydroxyl groups is 1. The summed E-state index contributed by atoms with van der Waals surface area (Å²) in [6.45, 7) is 0. The van der Waals surface area contributed by atoms with Gasteiger partial charge in [-0.1, -0.05) is 12.1 Å². The Balaban J connectivity index is 2.06. The highest BCUT2D eigenvalue weighted by atomic mass is 32.2. The molecular weight excluding hydrogens is 242 g/mol. The van der Waals surface area contributed by atoms with Gasteiger partial charge in [-0.15, -0.1) is 0 Å². The Morgan fingerprint density at radius 1 is 1.35 bits per heavy atom. The zero-order valence-electron chi connectivity index (χ0n) is 9.09. The maximum absolute atomic E-state index is 11.8. The summed E-state index contributed by atoms with van der Waals surface area (Å²) in [4.78, 5) is 11.8. The molecule has 1 atom stereocenters. The van der Waals surface area contributed by atoms with E-state index >= 15 is 0 Å². The Hall–Kier alpha value is -1.56. The zero-order chi connectivity index (χ0) is 12.5. The Morgan fingerprint density at radius 3 is 2.65 bits per heavy atom. The Bertz CT molecular complexity index is 538. The predicted molar refractivity (Wildman–Crippen MR) is 62.6 cm³/mol. The highest BCUT2D eigenvalue weighted by Crippen LogP contribution is 2.17. The summed E-state index contributed by atoms with van der Waals surface area (Å²) in [6, 6.07) is 5.81. The number of carbonyl (C=O) groups is 1. The summed E-state index contributed by atoms with van der Waals surface area (Å²) in [7, 11) is -3.01. The monoisotopic (exact) mass is 255 g/mol. The second kappa shape index (κ2) is 4.37. The van der Waals surface area contributed by atoms with Crippen LogP contribution in [0.1, 0.15) is 16.8 Å². The third-order valence-electron chi connectivity index (χ3n) is 2.72. The quantitative estimate of drug-likeness (QED) is 0.796. The molecule has 92 valence electrons. The molecule has 1 aliphatic rings. The molecule has 0 saturated carbocycles. The first-order chi connectivity index (χ1) is 7.98. The van der Waals surface area contributed by atoms with Crippen molar-refractivity contribution in [1.82, 2.24) is 5.32 Å². The minimum Gasteiger partial charge on any atom is -0.507 e. The van der Waals surface area contributed by atoms with Crippen molar-refractivity contribution in [3.05, 3.63) is 29.8 Å². The van der Waals surface area contributed by atoms with E-state index in [9.17, 15) is 18.3 Å². The van der Waals surface area contributed by atoms with E-state index in [1.54, 1.807) is 12.1 Å². The number of carbonyl (C=O) groups excluding carboxylic acids is 1. The van der Waals surface area contributed by atoms with Gasteiger partial charge in [-0.2, -0.15) is 0 Å². The third kappa shape index (κ3) is 2.76. The van der Waals surface area contributed by atoms with E-state index in [2.05, 4.69) is 5.32 Å². The molecular formula is C11H13NO4S. The number of para-hydroxylation sites is 1. The second-order valence-electron chi connectivity index (χ2n) is 4.09. The SMILES string of the molecule is O=C(NC1CCS(=O)(=O)C1)c1ccccc1O. The summed E-state index contributed by atoms with van der Waals surface area (Å²) in [6.07, 6.45) is 0.432. The summed E-state index contributed by atoms with van der Waals surface area (Å²) in [5.41, 5.74) is 0.164. The van der Waals surface area contributed by atoms with Gasteiger partial charge in [0.05, 0.1) is 17.1 Å². The number of benzene rings is 1. The second-order valence-corrected chi connectivity index (χ2v) is 6.32. The van der Waals surface area contributed by atoms with Gasteiger partial charge in [0, 0.05) is 6.04 Å². The minimum atomic E-state index is -3.01. The molecule has 1 fully saturated rings. The summed E-state index contributed by atoms with van der Waals surface area (Å²) in [5.74, 6) is -0.457. The first-order valence-corrected chi connectivity index (χ1v) is 7.09. The standard InChI is InChI=1S/C11H13NO4S/c13-10-4-2-1-3-9(10)11(14)12-8-5-6-17(15,16)7-8/h1-4,8,13H,5-7H2,(H,12,14). The Kier molecular flexibility index (Phi) is 3.06.